The van der Waals surface area contributed by atoms with Gasteiger partial charge in [-0.25, -0.2) is 0 Å². The van der Waals surface area contributed by atoms with E-state index in [1.165, 1.54) is 13.2 Å². The molecule has 21 heavy (non-hydrogen) atoms. The van der Waals surface area contributed by atoms with E-state index in [9.17, 15) is 9.59 Å². The third-order valence-electron chi connectivity index (χ3n) is 4.96. The number of carbonyl (C=O) groups is 2. The van der Waals surface area contributed by atoms with Gasteiger partial charge in [0.1, 0.15) is 5.76 Å². The van der Waals surface area contributed by atoms with Crippen LogP contribution in [0.15, 0.2) is 24.0 Å². The monoisotopic (exact) mass is 292 g/mol. The SMILES string of the molecule is C=C1C(CCCCC)C2CC1(C(=O)OC)C(=O)C=C2OC. The summed E-state index contributed by atoms with van der Waals surface area (Å²) in [5.74, 6) is 0.140. The lowest BCUT2D eigenvalue weighted by Gasteiger charge is -2.28. The second kappa shape index (κ2) is 6.04. The lowest BCUT2D eigenvalue weighted by molar-refractivity contribution is -0.154. The average Bonchev–Trinajstić information content (AvgIpc) is 2.75. The number of carbonyl (C=O) groups excluding carboxylic acids is 2. The van der Waals surface area contributed by atoms with Crippen LogP contribution in [-0.2, 0) is 19.1 Å². The maximum absolute atomic E-state index is 12.5. The van der Waals surface area contributed by atoms with Crippen molar-refractivity contribution in [2.45, 2.75) is 39.0 Å². The van der Waals surface area contributed by atoms with E-state index < -0.39 is 11.4 Å². The molecule has 0 saturated heterocycles. The number of allylic oxidation sites excluding steroid dienone is 2. The minimum Gasteiger partial charge on any atom is -0.501 e. The number of rotatable bonds is 6. The van der Waals surface area contributed by atoms with Crippen molar-refractivity contribution in [2.75, 3.05) is 14.2 Å². The van der Waals surface area contributed by atoms with Crippen molar-refractivity contribution >= 4 is 11.8 Å². The molecule has 0 aliphatic heterocycles. The van der Waals surface area contributed by atoms with Gasteiger partial charge in [-0.05, 0) is 24.3 Å². The second-order valence-electron chi connectivity index (χ2n) is 5.95. The summed E-state index contributed by atoms with van der Waals surface area (Å²) in [5.41, 5.74) is -0.470. The predicted molar refractivity (Wildman–Crippen MR) is 79.4 cm³/mol. The number of hydrogen-bond donors (Lipinski definition) is 0. The molecule has 0 amide bonds. The molecule has 0 aromatic rings. The Labute approximate surface area is 126 Å². The number of ketones is 1. The van der Waals surface area contributed by atoms with E-state index in [0.29, 0.717) is 17.8 Å². The maximum atomic E-state index is 12.5. The van der Waals surface area contributed by atoms with Crippen LogP contribution >= 0.6 is 0 Å². The van der Waals surface area contributed by atoms with E-state index in [1.807, 2.05) is 0 Å². The minimum absolute atomic E-state index is 0.0659. The third kappa shape index (κ3) is 2.30. The summed E-state index contributed by atoms with van der Waals surface area (Å²) >= 11 is 0. The Morgan fingerprint density at radius 3 is 2.71 bits per heavy atom. The van der Waals surface area contributed by atoms with Crippen LogP contribution in [0.5, 0.6) is 0 Å². The highest BCUT2D eigenvalue weighted by atomic mass is 16.5. The smallest absolute Gasteiger partial charge is 0.323 e. The summed E-state index contributed by atoms with van der Waals surface area (Å²) in [7, 11) is 2.90. The van der Waals surface area contributed by atoms with Gasteiger partial charge in [-0.3, -0.25) is 9.59 Å². The molecule has 1 saturated carbocycles. The molecule has 0 spiro atoms. The highest BCUT2D eigenvalue weighted by molar-refractivity contribution is 6.13. The minimum atomic E-state index is -1.18. The van der Waals surface area contributed by atoms with Crippen molar-refractivity contribution in [3.05, 3.63) is 24.0 Å². The number of esters is 1. The van der Waals surface area contributed by atoms with Gasteiger partial charge in [-0.15, -0.1) is 0 Å². The van der Waals surface area contributed by atoms with Crippen LogP contribution in [0.25, 0.3) is 0 Å². The predicted octanol–water partition coefficient (Wildman–Crippen LogP) is 3.03. The van der Waals surface area contributed by atoms with Gasteiger partial charge in [0.15, 0.2) is 11.2 Å². The molecular formula is C17H24O4. The Hall–Kier alpha value is -1.58. The molecule has 1 fully saturated rings. The third-order valence-corrected chi connectivity index (χ3v) is 4.96. The molecule has 0 N–H and O–H groups in total. The average molecular weight is 292 g/mol. The van der Waals surface area contributed by atoms with Crippen molar-refractivity contribution in [1.29, 1.82) is 0 Å². The van der Waals surface area contributed by atoms with Crippen LogP contribution in [0.4, 0.5) is 0 Å². The quantitative estimate of drug-likeness (QED) is 0.327. The van der Waals surface area contributed by atoms with Gasteiger partial charge in [0, 0.05) is 12.0 Å². The standard InChI is InChI=1S/C17H24O4/c1-5-6-7-8-12-11(2)17(16(19)21-4)10-13(12)14(20-3)9-15(17)18/h9,12-13H,2,5-8,10H2,1,3-4H3. The first-order chi connectivity index (χ1) is 10.0. The van der Waals surface area contributed by atoms with Crippen LogP contribution < -0.4 is 0 Å². The van der Waals surface area contributed by atoms with Crippen LogP contribution in [-0.4, -0.2) is 26.0 Å². The Morgan fingerprint density at radius 2 is 2.14 bits per heavy atom. The second-order valence-corrected chi connectivity index (χ2v) is 5.95. The van der Waals surface area contributed by atoms with Crippen molar-refractivity contribution in [3.63, 3.8) is 0 Å². The Morgan fingerprint density at radius 1 is 1.43 bits per heavy atom. The molecule has 3 unspecified atom stereocenters. The molecule has 4 nitrogen and oxygen atoms in total. The van der Waals surface area contributed by atoms with Gasteiger partial charge in [-0.1, -0.05) is 32.8 Å². The highest BCUT2D eigenvalue weighted by Crippen LogP contribution is 2.57. The van der Waals surface area contributed by atoms with E-state index in [0.717, 1.165) is 25.7 Å². The normalized spacial score (nSPS) is 31.1. The molecule has 2 rings (SSSR count). The van der Waals surface area contributed by atoms with Crippen LogP contribution in [0, 0.1) is 17.3 Å². The molecule has 2 bridgehead atoms. The number of ether oxygens (including phenoxy) is 2. The fourth-order valence-corrected chi connectivity index (χ4v) is 3.77. The summed E-state index contributed by atoms with van der Waals surface area (Å²) in [5, 5.41) is 0. The summed E-state index contributed by atoms with van der Waals surface area (Å²) < 4.78 is 10.3. The van der Waals surface area contributed by atoms with Crippen molar-refractivity contribution in [2.24, 2.45) is 17.3 Å². The molecule has 0 heterocycles. The summed E-state index contributed by atoms with van der Waals surface area (Å²) in [4.78, 5) is 24.8. The summed E-state index contributed by atoms with van der Waals surface area (Å²) in [6, 6.07) is 0. The molecule has 4 heteroatoms. The molecule has 116 valence electrons. The zero-order valence-corrected chi connectivity index (χ0v) is 13.1. The first-order valence-electron chi connectivity index (χ1n) is 7.60. The molecule has 3 atom stereocenters. The zero-order valence-electron chi connectivity index (χ0n) is 13.1. The fraction of sp³-hybridized carbons (Fsp3) is 0.647. The molecule has 0 radical (unpaired) electrons. The number of hydrogen-bond acceptors (Lipinski definition) is 4. The fourth-order valence-electron chi connectivity index (χ4n) is 3.77. The first kappa shape index (κ1) is 15.8. The molecule has 2 aliphatic rings. The largest absolute Gasteiger partial charge is 0.501 e. The maximum Gasteiger partial charge on any atom is 0.323 e. The van der Waals surface area contributed by atoms with Gasteiger partial charge >= 0.3 is 5.97 Å². The molecular weight excluding hydrogens is 268 g/mol. The van der Waals surface area contributed by atoms with Crippen molar-refractivity contribution < 1.29 is 19.1 Å². The van der Waals surface area contributed by atoms with Crippen LogP contribution in [0.2, 0.25) is 0 Å². The molecule has 0 aromatic carbocycles. The van der Waals surface area contributed by atoms with Gasteiger partial charge in [-0.2, -0.15) is 0 Å². The zero-order chi connectivity index (χ0) is 15.6. The lowest BCUT2D eigenvalue weighted by atomic mass is 9.75. The number of methoxy groups -OCH3 is 2. The van der Waals surface area contributed by atoms with E-state index in [2.05, 4.69) is 13.5 Å². The van der Waals surface area contributed by atoms with Gasteiger partial charge < -0.3 is 9.47 Å². The lowest BCUT2D eigenvalue weighted by Crippen LogP contribution is -2.40. The van der Waals surface area contributed by atoms with Crippen molar-refractivity contribution in [3.8, 4) is 0 Å². The van der Waals surface area contributed by atoms with E-state index in [4.69, 9.17) is 9.47 Å². The number of fused-ring (bicyclic) bond motifs is 2. The van der Waals surface area contributed by atoms with E-state index in [-0.39, 0.29) is 17.6 Å². The van der Waals surface area contributed by atoms with Crippen LogP contribution in [0.3, 0.4) is 0 Å². The Kier molecular flexibility index (Phi) is 4.55. The first-order valence-corrected chi connectivity index (χ1v) is 7.60. The van der Waals surface area contributed by atoms with E-state index >= 15 is 0 Å². The van der Waals surface area contributed by atoms with Gasteiger partial charge in [0.25, 0.3) is 0 Å². The van der Waals surface area contributed by atoms with Crippen LogP contribution in [0.1, 0.15) is 39.0 Å². The number of unbranched alkanes of at least 4 members (excludes halogenated alkanes) is 2. The molecule has 2 aliphatic carbocycles. The van der Waals surface area contributed by atoms with Crippen molar-refractivity contribution in [1.82, 2.24) is 0 Å². The summed E-state index contributed by atoms with van der Waals surface area (Å²) in [6.07, 6.45) is 6.19. The Bertz CT molecular complexity index is 491. The van der Waals surface area contributed by atoms with Gasteiger partial charge in [0.2, 0.25) is 0 Å². The van der Waals surface area contributed by atoms with Gasteiger partial charge in [0.05, 0.1) is 14.2 Å². The topological polar surface area (TPSA) is 52.6 Å². The Balaban J connectivity index is 2.36. The van der Waals surface area contributed by atoms with E-state index in [1.54, 1.807) is 7.11 Å². The highest BCUT2D eigenvalue weighted by Gasteiger charge is 2.61. The summed E-state index contributed by atoms with van der Waals surface area (Å²) in [6.45, 7) is 6.26. The molecule has 0 aromatic heterocycles.